The molecule has 0 aliphatic heterocycles. The van der Waals surface area contributed by atoms with Crippen molar-refractivity contribution in [2.75, 3.05) is 0 Å². The van der Waals surface area contributed by atoms with Crippen LogP contribution in [0.2, 0.25) is 124 Å². The molecule has 0 fully saturated rings. The maximum absolute atomic E-state index is 6.67. The summed E-state index contributed by atoms with van der Waals surface area (Å²) in [5.74, 6) is 0. The lowest BCUT2D eigenvalue weighted by molar-refractivity contribution is 0.261. The van der Waals surface area contributed by atoms with Crippen LogP contribution in [0.25, 0.3) is 0 Å². The molecule has 8 nitrogen and oxygen atoms in total. The van der Waals surface area contributed by atoms with Crippen LogP contribution in [0.1, 0.15) is 0 Å². The van der Waals surface area contributed by atoms with Crippen LogP contribution < -0.4 is 0 Å². The molecular weight excluding hydrogens is 609 g/mol. The third-order valence-corrected chi connectivity index (χ3v) is 36.2. The molecule has 0 aliphatic carbocycles. The summed E-state index contributed by atoms with van der Waals surface area (Å²) >= 11 is 0. The second-order valence-corrected chi connectivity index (χ2v) is 46.4. The van der Waals surface area contributed by atoms with Gasteiger partial charge in [0, 0.05) is 0 Å². The summed E-state index contributed by atoms with van der Waals surface area (Å²) in [6.07, 6.45) is 0. The standard InChI is InChI=1S/C19H58O8Si9/c1-28(2)20-30(6,7)22-32(10,11)24-34(14,15)26-36(18,19)27-35(16,17)25-33(12,13)23-31(8,9)21-29(3,4)5/h28H,1-19H3. The minimum atomic E-state index is -2.57. The Bertz CT molecular complexity index is 708. The topological polar surface area (TPSA) is 73.8 Å². The Morgan fingerprint density at radius 2 is 0.500 bits per heavy atom. The van der Waals surface area contributed by atoms with Gasteiger partial charge in [0.1, 0.15) is 0 Å². The summed E-state index contributed by atoms with van der Waals surface area (Å²) in [4.78, 5) is 0. The largest absolute Gasteiger partial charge is 0.440 e. The Balaban J connectivity index is 5.32. The molecule has 0 spiro atoms. The maximum atomic E-state index is 6.67. The molecule has 0 rings (SSSR count). The molecule has 0 aromatic rings. The average Bonchev–Trinajstić information content (AvgIpc) is 2.31. The van der Waals surface area contributed by atoms with Crippen LogP contribution in [0, 0.1) is 0 Å². The van der Waals surface area contributed by atoms with E-state index in [1.54, 1.807) is 0 Å². The lowest BCUT2D eigenvalue weighted by Gasteiger charge is -2.44. The lowest BCUT2D eigenvalue weighted by Crippen LogP contribution is -2.61. The normalized spacial score (nSPS) is 15.7. The van der Waals surface area contributed by atoms with Crippen molar-refractivity contribution in [1.29, 1.82) is 0 Å². The minimum absolute atomic E-state index is 1.19. The van der Waals surface area contributed by atoms with Crippen LogP contribution >= 0.6 is 0 Å². The quantitative estimate of drug-likeness (QED) is 0.166. The van der Waals surface area contributed by atoms with Gasteiger partial charge < -0.3 is 32.9 Å². The summed E-state index contributed by atoms with van der Waals surface area (Å²) in [7, 11) is -20.1. The lowest BCUT2D eigenvalue weighted by atomic mass is 11.8. The number of hydrogen-bond donors (Lipinski definition) is 0. The maximum Gasteiger partial charge on any atom is 0.314 e. The van der Waals surface area contributed by atoms with Gasteiger partial charge in [-0.15, -0.1) is 0 Å². The summed E-state index contributed by atoms with van der Waals surface area (Å²) < 4.78 is 52.2. The van der Waals surface area contributed by atoms with Gasteiger partial charge in [0.2, 0.25) is 0 Å². The van der Waals surface area contributed by atoms with Gasteiger partial charge in [-0.25, -0.2) is 0 Å². The second kappa shape index (κ2) is 12.7. The SMILES string of the molecule is C[SiH](C)O[Si](C)(C)O[Si](C)(C)O[Si](C)(C)O[Si](C)(C)O[Si](C)(C)O[Si](C)(C)O[Si](C)(C)O[Si](C)(C)C. The highest BCUT2D eigenvalue weighted by atomic mass is 28.5. The van der Waals surface area contributed by atoms with Crippen LogP contribution in [0.4, 0.5) is 0 Å². The number of hydrogen-bond acceptors (Lipinski definition) is 8. The van der Waals surface area contributed by atoms with E-state index in [1.807, 2.05) is 0 Å². The van der Waals surface area contributed by atoms with Gasteiger partial charge in [-0.2, -0.15) is 0 Å². The highest BCUT2D eigenvalue weighted by Crippen LogP contribution is 2.29. The van der Waals surface area contributed by atoms with Crippen molar-refractivity contribution in [3.63, 3.8) is 0 Å². The zero-order valence-electron chi connectivity index (χ0n) is 26.8. The Hall–Kier alpha value is 1.63. The summed E-state index contributed by atoms with van der Waals surface area (Å²) in [5, 5.41) is 0. The van der Waals surface area contributed by atoms with Crippen molar-refractivity contribution in [2.45, 2.75) is 124 Å². The molecule has 0 radical (unpaired) electrons. The molecular formula is C19H58O8Si9. The van der Waals surface area contributed by atoms with E-state index in [-0.39, 0.29) is 0 Å². The first kappa shape index (κ1) is 37.6. The summed E-state index contributed by atoms with van der Waals surface area (Å²) in [6, 6.07) is 0. The Labute approximate surface area is 233 Å². The number of rotatable bonds is 16. The molecule has 0 bridgehead atoms. The van der Waals surface area contributed by atoms with Crippen LogP contribution in [0.15, 0.2) is 0 Å². The first-order valence-corrected chi connectivity index (χ1v) is 38.9. The van der Waals surface area contributed by atoms with Crippen molar-refractivity contribution in [1.82, 2.24) is 0 Å². The zero-order valence-corrected chi connectivity index (χ0v) is 36.0. The second-order valence-electron chi connectivity index (χ2n) is 13.8. The summed E-state index contributed by atoms with van der Waals surface area (Å²) in [5.41, 5.74) is 0. The minimum Gasteiger partial charge on any atom is -0.440 e. The smallest absolute Gasteiger partial charge is 0.314 e. The molecule has 17 heteroatoms. The molecule has 0 aromatic heterocycles. The van der Waals surface area contributed by atoms with E-state index in [0.717, 1.165) is 0 Å². The van der Waals surface area contributed by atoms with Crippen molar-refractivity contribution in [3.8, 4) is 0 Å². The van der Waals surface area contributed by atoms with Crippen molar-refractivity contribution in [2.24, 2.45) is 0 Å². The van der Waals surface area contributed by atoms with Crippen LogP contribution in [-0.2, 0) is 32.9 Å². The van der Waals surface area contributed by atoms with Gasteiger partial charge in [-0.3, -0.25) is 0 Å². The molecule has 0 amide bonds. The van der Waals surface area contributed by atoms with Gasteiger partial charge >= 0.3 is 59.9 Å². The molecule has 218 valence electrons. The van der Waals surface area contributed by atoms with Gasteiger partial charge in [0.15, 0.2) is 17.4 Å². The fourth-order valence-corrected chi connectivity index (χ4v) is 47.7. The molecule has 0 unspecified atom stereocenters. The van der Waals surface area contributed by atoms with Crippen LogP contribution in [-0.4, -0.2) is 77.3 Å². The molecule has 0 aliphatic rings. The fraction of sp³-hybridized carbons (Fsp3) is 1.00. The molecule has 0 N–H and O–H groups in total. The molecule has 0 saturated heterocycles. The first-order valence-electron chi connectivity index (χ1n) is 13.0. The fourth-order valence-electron chi connectivity index (χ4n) is 5.01. The predicted octanol–water partition coefficient (Wildman–Crippen LogP) is 6.85. The highest BCUT2D eigenvalue weighted by Gasteiger charge is 2.49. The molecule has 0 aromatic carbocycles. The van der Waals surface area contributed by atoms with Gasteiger partial charge in [-0.05, 0) is 124 Å². The van der Waals surface area contributed by atoms with Crippen LogP contribution in [0.5, 0.6) is 0 Å². The summed E-state index contributed by atoms with van der Waals surface area (Å²) in [6.45, 7) is 40.2. The van der Waals surface area contributed by atoms with Gasteiger partial charge in [-0.1, -0.05) is 0 Å². The Kier molecular flexibility index (Phi) is 13.2. The third-order valence-electron chi connectivity index (χ3n) is 4.02. The molecule has 0 saturated carbocycles. The van der Waals surface area contributed by atoms with Crippen molar-refractivity contribution in [3.05, 3.63) is 0 Å². The van der Waals surface area contributed by atoms with E-state index in [2.05, 4.69) is 124 Å². The van der Waals surface area contributed by atoms with Gasteiger partial charge in [0.25, 0.3) is 0 Å². The Morgan fingerprint density at radius 1 is 0.306 bits per heavy atom. The van der Waals surface area contributed by atoms with Gasteiger partial charge in [0.05, 0.1) is 0 Å². The van der Waals surface area contributed by atoms with Crippen molar-refractivity contribution < 1.29 is 32.9 Å². The van der Waals surface area contributed by atoms with E-state index in [0.29, 0.717) is 0 Å². The molecule has 36 heavy (non-hydrogen) atoms. The van der Waals surface area contributed by atoms with E-state index in [4.69, 9.17) is 32.9 Å². The average molecular weight is 667 g/mol. The van der Waals surface area contributed by atoms with Crippen LogP contribution in [0.3, 0.4) is 0 Å². The highest BCUT2D eigenvalue weighted by molar-refractivity contribution is 6.92. The molecule has 0 heterocycles. The van der Waals surface area contributed by atoms with E-state index in [1.165, 1.54) is 0 Å². The van der Waals surface area contributed by atoms with E-state index >= 15 is 0 Å². The predicted molar refractivity (Wildman–Crippen MR) is 173 cm³/mol. The third kappa shape index (κ3) is 18.1. The first-order chi connectivity index (χ1) is 15.4. The zero-order chi connectivity index (χ0) is 29.2. The monoisotopic (exact) mass is 666 g/mol. The Morgan fingerprint density at radius 3 is 0.694 bits per heavy atom. The van der Waals surface area contributed by atoms with E-state index < -0.39 is 77.3 Å². The molecule has 0 atom stereocenters. The van der Waals surface area contributed by atoms with E-state index in [9.17, 15) is 0 Å². The van der Waals surface area contributed by atoms with Crippen molar-refractivity contribution >= 4 is 77.3 Å².